The molecule has 0 aliphatic rings. The SMILES string of the molecule is Cc1ccc(C(=O)N/N=C/c2ccccc2Cl)c(Cl)c1. The number of hydrogen-bond donors (Lipinski definition) is 1. The zero-order valence-electron chi connectivity index (χ0n) is 10.7. The first-order chi connectivity index (χ1) is 9.58. The van der Waals surface area contributed by atoms with Crippen LogP contribution in [-0.2, 0) is 0 Å². The number of halogens is 2. The summed E-state index contributed by atoms with van der Waals surface area (Å²) in [7, 11) is 0. The number of benzene rings is 2. The van der Waals surface area contributed by atoms with Gasteiger partial charge in [0.15, 0.2) is 0 Å². The molecule has 0 saturated carbocycles. The lowest BCUT2D eigenvalue weighted by Crippen LogP contribution is -2.18. The second-order valence-corrected chi connectivity index (χ2v) is 5.02. The van der Waals surface area contributed by atoms with Crippen LogP contribution in [0.5, 0.6) is 0 Å². The first-order valence-electron chi connectivity index (χ1n) is 5.92. The first-order valence-corrected chi connectivity index (χ1v) is 6.67. The molecule has 0 bridgehead atoms. The minimum atomic E-state index is -0.363. The van der Waals surface area contributed by atoms with Crippen molar-refractivity contribution >= 4 is 35.3 Å². The van der Waals surface area contributed by atoms with E-state index in [1.165, 1.54) is 6.21 Å². The molecule has 102 valence electrons. The molecule has 0 heterocycles. The van der Waals surface area contributed by atoms with Crippen molar-refractivity contribution < 1.29 is 4.79 Å². The smallest absolute Gasteiger partial charge is 0.267 e. The number of aryl methyl sites for hydroxylation is 1. The van der Waals surface area contributed by atoms with E-state index in [1.54, 1.807) is 24.3 Å². The minimum Gasteiger partial charge on any atom is -0.267 e. The molecular formula is C15H12Cl2N2O. The number of hydrogen-bond acceptors (Lipinski definition) is 2. The Morgan fingerprint density at radius 3 is 2.60 bits per heavy atom. The normalized spacial score (nSPS) is 10.8. The highest BCUT2D eigenvalue weighted by Crippen LogP contribution is 2.17. The average molecular weight is 307 g/mol. The minimum absolute atomic E-state index is 0.363. The molecule has 1 amide bonds. The molecule has 0 aliphatic carbocycles. The fourth-order valence-electron chi connectivity index (χ4n) is 1.60. The number of hydrazone groups is 1. The third-order valence-electron chi connectivity index (χ3n) is 2.64. The van der Waals surface area contributed by atoms with Crippen LogP contribution in [0.1, 0.15) is 21.5 Å². The molecule has 2 rings (SSSR count). The van der Waals surface area contributed by atoms with Crippen molar-refractivity contribution in [2.75, 3.05) is 0 Å². The Hall–Kier alpha value is -1.84. The molecule has 0 atom stereocenters. The maximum absolute atomic E-state index is 11.9. The first kappa shape index (κ1) is 14.6. The van der Waals surface area contributed by atoms with Crippen LogP contribution in [0, 0.1) is 6.92 Å². The summed E-state index contributed by atoms with van der Waals surface area (Å²) in [6, 6.07) is 12.4. The molecule has 0 saturated heterocycles. The van der Waals surface area contributed by atoms with Crippen LogP contribution >= 0.6 is 23.2 Å². The van der Waals surface area contributed by atoms with Gasteiger partial charge in [0.2, 0.25) is 0 Å². The molecule has 0 spiro atoms. The zero-order valence-corrected chi connectivity index (χ0v) is 12.2. The fourth-order valence-corrected chi connectivity index (χ4v) is 2.11. The van der Waals surface area contributed by atoms with Crippen LogP contribution in [0.25, 0.3) is 0 Å². The monoisotopic (exact) mass is 306 g/mol. The summed E-state index contributed by atoms with van der Waals surface area (Å²) >= 11 is 12.0. The topological polar surface area (TPSA) is 41.5 Å². The molecule has 0 unspecified atom stereocenters. The van der Waals surface area contributed by atoms with Gasteiger partial charge in [0.1, 0.15) is 0 Å². The predicted octanol–water partition coefficient (Wildman–Crippen LogP) is 4.07. The number of carbonyl (C=O) groups is 1. The van der Waals surface area contributed by atoms with Crippen LogP contribution in [0.2, 0.25) is 10.0 Å². The predicted molar refractivity (Wildman–Crippen MR) is 82.7 cm³/mol. The van der Waals surface area contributed by atoms with Crippen molar-refractivity contribution in [1.82, 2.24) is 5.43 Å². The quantitative estimate of drug-likeness (QED) is 0.674. The molecule has 1 N–H and O–H groups in total. The maximum Gasteiger partial charge on any atom is 0.272 e. The van der Waals surface area contributed by atoms with Crippen LogP contribution < -0.4 is 5.43 Å². The summed E-state index contributed by atoms with van der Waals surface area (Å²) in [5.74, 6) is -0.363. The second kappa shape index (κ2) is 6.55. The highest BCUT2D eigenvalue weighted by Gasteiger charge is 2.09. The van der Waals surface area contributed by atoms with Crippen LogP contribution in [0.4, 0.5) is 0 Å². The summed E-state index contributed by atoms with van der Waals surface area (Å²) in [5.41, 5.74) is 4.52. The molecule has 0 aliphatic heterocycles. The molecule has 0 fully saturated rings. The lowest BCUT2D eigenvalue weighted by molar-refractivity contribution is 0.0955. The maximum atomic E-state index is 11.9. The Morgan fingerprint density at radius 1 is 1.15 bits per heavy atom. The van der Waals surface area contributed by atoms with Crippen LogP contribution in [-0.4, -0.2) is 12.1 Å². The number of rotatable bonds is 3. The number of nitrogens with zero attached hydrogens (tertiary/aromatic N) is 1. The van der Waals surface area contributed by atoms with Gasteiger partial charge in [-0.05, 0) is 30.7 Å². The Kier molecular flexibility index (Phi) is 4.77. The highest BCUT2D eigenvalue weighted by molar-refractivity contribution is 6.34. The Bertz CT molecular complexity index is 669. The molecule has 2 aromatic carbocycles. The van der Waals surface area contributed by atoms with E-state index in [-0.39, 0.29) is 5.91 Å². The third-order valence-corrected chi connectivity index (χ3v) is 3.30. The Morgan fingerprint density at radius 2 is 1.90 bits per heavy atom. The van der Waals surface area contributed by atoms with E-state index >= 15 is 0 Å². The van der Waals surface area contributed by atoms with Gasteiger partial charge in [0.05, 0.1) is 16.8 Å². The van der Waals surface area contributed by atoms with E-state index in [2.05, 4.69) is 10.5 Å². The largest absolute Gasteiger partial charge is 0.272 e. The van der Waals surface area contributed by atoms with Gasteiger partial charge < -0.3 is 0 Å². The zero-order chi connectivity index (χ0) is 14.5. The lowest BCUT2D eigenvalue weighted by Gasteiger charge is -2.03. The number of amides is 1. The van der Waals surface area contributed by atoms with Gasteiger partial charge in [0, 0.05) is 10.6 Å². The van der Waals surface area contributed by atoms with Crippen molar-refractivity contribution in [3.8, 4) is 0 Å². The number of nitrogens with one attached hydrogen (secondary N) is 1. The van der Waals surface area contributed by atoms with Gasteiger partial charge >= 0.3 is 0 Å². The number of carbonyl (C=O) groups excluding carboxylic acids is 1. The average Bonchev–Trinajstić information content (AvgIpc) is 2.40. The van der Waals surface area contributed by atoms with Crippen molar-refractivity contribution in [2.24, 2.45) is 5.10 Å². The van der Waals surface area contributed by atoms with E-state index in [4.69, 9.17) is 23.2 Å². The summed E-state index contributed by atoms with van der Waals surface area (Å²) in [4.78, 5) is 11.9. The molecule has 5 heteroatoms. The van der Waals surface area contributed by atoms with Gasteiger partial charge in [-0.3, -0.25) is 4.79 Å². The molecule has 0 radical (unpaired) electrons. The third kappa shape index (κ3) is 3.59. The Balaban J connectivity index is 2.07. The van der Waals surface area contributed by atoms with Crippen molar-refractivity contribution in [2.45, 2.75) is 6.92 Å². The van der Waals surface area contributed by atoms with E-state index in [1.807, 2.05) is 25.1 Å². The van der Waals surface area contributed by atoms with Gasteiger partial charge in [-0.1, -0.05) is 47.5 Å². The van der Waals surface area contributed by atoms with Gasteiger partial charge in [0.25, 0.3) is 5.91 Å². The van der Waals surface area contributed by atoms with Crippen molar-refractivity contribution in [3.05, 3.63) is 69.2 Å². The molecule has 20 heavy (non-hydrogen) atoms. The van der Waals surface area contributed by atoms with Gasteiger partial charge in [-0.15, -0.1) is 0 Å². The van der Waals surface area contributed by atoms with Crippen LogP contribution in [0.3, 0.4) is 0 Å². The van der Waals surface area contributed by atoms with E-state index in [0.717, 1.165) is 11.1 Å². The van der Waals surface area contributed by atoms with E-state index in [9.17, 15) is 4.79 Å². The van der Waals surface area contributed by atoms with E-state index in [0.29, 0.717) is 15.6 Å². The van der Waals surface area contributed by atoms with Crippen LogP contribution in [0.15, 0.2) is 47.6 Å². The van der Waals surface area contributed by atoms with Gasteiger partial charge in [-0.2, -0.15) is 5.10 Å². The summed E-state index contributed by atoms with van der Waals surface area (Å²) < 4.78 is 0. The molecule has 0 aromatic heterocycles. The van der Waals surface area contributed by atoms with Crippen molar-refractivity contribution in [3.63, 3.8) is 0 Å². The highest BCUT2D eigenvalue weighted by atomic mass is 35.5. The molecule has 2 aromatic rings. The van der Waals surface area contributed by atoms with E-state index < -0.39 is 0 Å². The molecule has 3 nitrogen and oxygen atoms in total. The van der Waals surface area contributed by atoms with Crippen molar-refractivity contribution in [1.29, 1.82) is 0 Å². The van der Waals surface area contributed by atoms with Gasteiger partial charge in [-0.25, -0.2) is 5.43 Å². The summed E-state index contributed by atoms with van der Waals surface area (Å²) in [6.45, 7) is 1.91. The second-order valence-electron chi connectivity index (χ2n) is 4.20. The standard InChI is InChI=1S/C15H12Cl2N2O/c1-10-6-7-12(14(17)8-10)15(20)19-18-9-11-4-2-3-5-13(11)16/h2-9H,1H3,(H,19,20)/b18-9+. The summed E-state index contributed by atoms with van der Waals surface area (Å²) in [5, 5.41) is 4.84. The summed E-state index contributed by atoms with van der Waals surface area (Å²) in [6.07, 6.45) is 1.49. The fraction of sp³-hybridized carbons (Fsp3) is 0.0667. The Labute approximate surface area is 127 Å². The lowest BCUT2D eigenvalue weighted by atomic mass is 10.1. The molecular weight excluding hydrogens is 295 g/mol.